The monoisotopic (exact) mass is 523 g/mol. The van der Waals surface area contributed by atoms with Crippen LogP contribution in [-0.2, 0) is 16.0 Å². The van der Waals surface area contributed by atoms with Crippen LogP contribution in [0.3, 0.4) is 0 Å². The van der Waals surface area contributed by atoms with Crippen LogP contribution >= 0.6 is 11.6 Å². The Kier molecular flexibility index (Phi) is 8.33. The zero-order valence-electron chi connectivity index (χ0n) is 20.3. The fourth-order valence-electron chi connectivity index (χ4n) is 4.14. The number of nitrogens with zero attached hydrogens (tertiary/aromatic N) is 1. The Morgan fingerprint density at radius 1 is 1.06 bits per heavy atom. The van der Waals surface area contributed by atoms with Crippen molar-refractivity contribution >= 4 is 29.3 Å². The van der Waals surface area contributed by atoms with E-state index in [1.54, 1.807) is 69.3 Å². The first-order valence-corrected chi connectivity index (χ1v) is 12.0. The summed E-state index contributed by atoms with van der Waals surface area (Å²) in [5.74, 6) is -1.59. The molecule has 0 aromatic heterocycles. The average molecular weight is 524 g/mol. The van der Waals surface area contributed by atoms with E-state index in [0.717, 1.165) is 0 Å². The van der Waals surface area contributed by atoms with Crippen molar-refractivity contribution in [3.05, 3.63) is 70.2 Å². The van der Waals surface area contributed by atoms with Gasteiger partial charge in [-0.05, 0) is 56.5 Å². The van der Waals surface area contributed by atoms with Gasteiger partial charge in [-0.15, -0.1) is 0 Å². The number of nitrogens with one attached hydrogen (secondary N) is 2. The van der Waals surface area contributed by atoms with Crippen LogP contribution < -0.4 is 10.6 Å². The maximum Gasteiger partial charge on any atom is 0.389 e. The van der Waals surface area contributed by atoms with Crippen molar-refractivity contribution in [3.63, 3.8) is 0 Å². The molecule has 0 bridgehead atoms. The second-order valence-electron chi connectivity index (χ2n) is 9.80. The van der Waals surface area contributed by atoms with Crippen LogP contribution in [0.25, 0.3) is 0 Å². The highest BCUT2D eigenvalue weighted by molar-refractivity contribution is 6.30. The van der Waals surface area contributed by atoms with Crippen molar-refractivity contribution < 1.29 is 27.6 Å². The fraction of sp³-hybridized carbons (Fsp3) is 0.423. The molecule has 0 fully saturated rings. The van der Waals surface area contributed by atoms with Crippen molar-refractivity contribution in [1.29, 1.82) is 0 Å². The smallest absolute Gasteiger partial charge is 0.354 e. The molecule has 2 atom stereocenters. The summed E-state index contributed by atoms with van der Waals surface area (Å²) in [6.07, 6.45) is -5.64. The van der Waals surface area contributed by atoms with E-state index in [2.05, 4.69) is 10.6 Å². The molecule has 1 aliphatic heterocycles. The summed E-state index contributed by atoms with van der Waals surface area (Å²) >= 11 is 5.98. The summed E-state index contributed by atoms with van der Waals surface area (Å²) < 4.78 is 37.7. The van der Waals surface area contributed by atoms with Crippen molar-refractivity contribution in [1.82, 2.24) is 15.5 Å². The molecule has 0 spiro atoms. The highest BCUT2D eigenvalue weighted by Crippen LogP contribution is 2.37. The lowest BCUT2D eigenvalue weighted by Crippen LogP contribution is -2.54. The van der Waals surface area contributed by atoms with E-state index in [9.17, 15) is 27.6 Å². The van der Waals surface area contributed by atoms with Crippen LogP contribution in [0, 0.1) is 0 Å². The molecule has 6 nitrogen and oxygen atoms in total. The third-order valence-electron chi connectivity index (χ3n) is 5.66. The third-order valence-corrected chi connectivity index (χ3v) is 5.91. The molecule has 0 radical (unpaired) electrons. The third kappa shape index (κ3) is 7.00. The predicted molar refractivity (Wildman–Crippen MR) is 130 cm³/mol. The first-order valence-electron chi connectivity index (χ1n) is 11.6. The van der Waals surface area contributed by atoms with Crippen LogP contribution in [0.5, 0.6) is 0 Å². The minimum Gasteiger partial charge on any atom is -0.354 e. The summed E-state index contributed by atoms with van der Waals surface area (Å²) in [5, 5.41) is 5.89. The van der Waals surface area contributed by atoms with Crippen LogP contribution in [0.1, 0.15) is 61.1 Å². The molecule has 194 valence electrons. The zero-order valence-corrected chi connectivity index (χ0v) is 21.0. The number of fused-ring (bicyclic) bond motifs is 1. The summed E-state index contributed by atoms with van der Waals surface area (Å²) in [7, 11) is 0. The van der Waals surface area contributed by atoms with E-state index >= 15 is 0 Å². The van der Waals surface area contributed by atoms with Crippen molar-refractivity contribution in [3.8, 4) is 0 Å². The van der Waals surface area contributed by atoms with Gasteiger partial charge in [0.25, 0.3) is 5.91 Å². The van der Waals surface area contributed by atoms with Crippen molar-refractivity contribution in [2.75, 3.05) is 6.54 Å². The van der Waals surface area contributed by atoms with Crippen LogP contribution in [0.15, 0.2) is 48.5 Å². The lowest BCUT2D eigenvalue weighted by Gasteiger charge is -2.34. The van der Waals surface area contributed by atoms with Gasteiger partial charge in [0.15, 0.2) is 0 Å². The first-order chi connectivity index (χ1) is 16.8. The van der Waals surface area contributed by atoms with Gasteiger partial charge in [0.05, 0.1) is 0 Å². The summed E-state index contributed by atoms with van der Waals surface area (Å²) in [6, 6.07) is 11.1. The summed E-state index contributed by atoms with van der Waals surface area (Å²) in [5.41, 5.74) is 0.843. The Morgan fingerprint density at radius 3 is 2.31 bits per heavy atom. The van der Waals surface area contributed by atoms with Gasteiger partial charge in [0, 0.05) is 35.5 Å². The Bertz CT molecular complexity index is 1110. The topological polar surface area (TPSA) is 78.5 Å². The lowest BCUT2D eigenvalue weighted by atomic mass is 9.99. The van der Waals surface area contributed by atoms with Crippen molar-refractivity contribution in [2.24, 2.45) is 0 Å². The Hall–Kier alpha value is -3.07. The maximum absolute atomic E-state index is 13.5. The molecular formula is C26H29ClF3N3O3. The van der Waals surface area contributed by atoms with Gasteiger partial charge < -0.3 is 15.5 Å². The van der Waals surface area contributed by atoms with Gasteiger partial charge in [-0.2, -0.15) is 13.2 Å². The maximum atomic E-state index is 13.5. The fourth-order valence-corrected chi connectivity index (χ4v) is 4.27. The van der Waals surface area contributed by atoms with Crippen LogP contribution in [0.2, 0.25) is 5.02 Å². The van der Waals surface area contributed by atoms with Gasteiger partial charge in [-0.3, -0.25) is 14.4 Å². The van der Waals surface area contributed by atoms with Crippen molar-refractivity contribution in [2.45, 2.75) is 63.8 Å². The molecule has 0 saturated heterocycles. The highest BCUT2D eigenvalue weighted by Gasteiger charge is 2.47. The summed E-state index contributed by atoms with van der Waals surface area (Å²) in [6.45, 7) is 5.19. The number of carbonyl (C=O) groups is 3. The van der Waals surface area contributed by atoms with Gasteiger partial charge in [-0.1, -0.05) is 41.9 Å². The minimum atomic E-state index is -4.34. The molecule has 2 N–H and O–H groups in total. The van der Waals surface area contributed by atoms with Crippen LogP contribution in [0.4, 0.5) is 13.2 Å². The van der Waals surface area contributed by atoms with Gasteiger partial charge in [-0.25, -0.2) is 0 Å². The van der Waals surface area contributed by atoms with E-state index in [1.807, 2.05) is 0 Å². The second-order valence-corrected chi connectivity index (χ2v) is 10.2. The molecule has 0 saturated carbocycles. The largest absolute Gasteiger partial charge is 0.389 e. The molecule has 1 unspecified atom stereocenters. The SMILES string of the molecule is CC(C)(C)NC(=O)C1c2ccccc2C(=O)N1[C@H](Cc1ccc(Cl)cc1)C(=O)NCCCC(F)(F)F. The molecule has 0 aliphatic carbocycles. The van der Waals surface area contributed by atoms with E-state index in [0.29, 0.717) is 21.7 Å². The first kappa shape index (κ1) is 27.5. The number of alkyl halides is 3. The van der Waals surface area contributed by atoms with Gasteiger partial charge >= 0.3 is 6.18 Å². The van der Waals surface area contributed by atoms with Crippen LogP contribution in [-0.4, -0.2) is 46.9 Å². The standard InChI is InChI=1S/C26H29ClF3N3O3/c1-25(2,3)32-23(35)21-18-7-4-5-8-19(18)24(36)33(21)20(15-16-9-11-17(27)12-10-16)22(34)31-14-6-13-26(28,29)30/h4-5,7-12,20-21H,6,13-15H2,1-3H3,(H,31,34)(H,32,35)/t20-,21?/m1/s1. The molecule has 3 rings (SSSR count). The number of halogens is 4. The lowest BCUT2D eigenvalue weighted by molar-refractivity contribution is -0.137. The number of hydrogen-bond acceptors (Lipinski definition) is 3. The molecular weight excluding hydrogens is 495 g/mol. The normalized spacial score (nSPS) is 16.5. The van der Waals surface area contributed by atoms with E-state index in [1.165, 1.54) is 4.90 Å². The number of hydrogen-bond donors (Lipinski definition) is 2. The quantitative estimate of drug-likeness (QED) is 0.487. The molecule has 1 aliphatic rings. The predicted octanol–water partition coefficient (Wildman–Crippen LogP) is 4.82. The van der Waals surface area contributed by atoms with E-state index in [-0.39, 0.29) is 19.4 Å². The Morgan fingerprint density at radius 2 is 1.69 bits per heavy atom. The average Bonchev–Trinajstić information content (AvgIpc) is 3.07. The number of rotatable bonds is 8. The molecule has 36 heavy (non-hydrogen) atoms. The molecule has 2 aromatic carbocycles. The number of carbonyl (C=O) groups excluding carboxylic acids is 3. The van der Waals surface area contributed by atoms with Gasteiger partial charge in [0.2, 0.25) is 11.8 Å². The molecule has 10 heteroatoms. The van der Waals surface area contributed by atoms with E-state index in [4.69, 9.17) is 11.6 Å². The second kappa shape index (κ2) is 10.9. The number of benzene rings is 2. The number of amides is 3. The minimum absolute atomic E-state index is 0.0430. The Labute approximate surface area is 213 Å². The molecule has 1 heterocycles. The van der Waals surface area contributed by atoms with E-state index < -0.39 is 47.9 Å². The Balaban J connectivity index is 1.96. The molecule has 2 aromatic rings. The zero-order chi connectivity index (χ0) is 26.7. The molecule has 3 amide bonds. The highest BCUT2D eigenvalue weighted by atomic mass is 35.5. The summed E-state index contributed by atoms with van der Waals surface area (Å²) in [4.78, 5) is 41.5. The van der Waals surface area contributed by atoms with Gasteiger partial charge in [0.1, 0.15) is 12.1 Å².